The van der Waals surface area contributed by atoms with Gasteiger partial charge in [-0.1, -0.05) is 114 Å². The maximum Gasteiger partial charge on any atom is 0.338 e. The molecule has 0 amide bonds. The number of azide groups is 1. The predicted octanol–water partition coefficient (Wildman–Crippen LogP) is 6.67. The lowest BCUT2D eigenvalue weighted by atomic mass is 10.0. The minimum Gasteiger partial charge on any atom is -0.458 e. The number of rotatable bonds is 10. The van der Waals surface area contributed by atoms with Gasteiger partial charge in [-0.3, -0.25) is 0 Å². The van der Waals surface area contributed by atoms with Gasteiger partial charge in [-0.05, 0) is 29.6 Å². The van der Waals surface area contributed by atoms with Gasteiger partial charge in [0.1, 0.15) is 13.2 Å². The fourth-order valence-electron chi connectivity index (χ4n) is 4.18. The number of carbonyl (C=O) groups is 1. The summed E-state index contributed by atoms with van der Waals surface area (Å²) in [5.74, 6) is -0.524. The summed E-state index contributed by atoms with van der Waals surface area (Å²) in [6.07, 6.45) is -0.354. The molecule has 0 fully saturated rings. The quantitative estimate of drug-likeness (QED) is 0.0809. The number of hydrogen-bond acceptors (Lipinski definition) is 4. The summed E-state index contributed by atoms with van der Waals surface area (Å²) in [6.45, 7) is 0. The van der Waals surface area contributed by atoms with Gasteiger partial charge in [0.15, 0.2) is 0 Å². The zero-order chi connectivity index (χ0) is 25.2. The Morgan fingerprint density at radius 1 is 0.778 bits per heavy atom. The molecule has 4 aromatic carbocycles. The van der Waals surface area contributed by atoms with Crippen LogP contribution in [0.4, 0.5) is 0 Å². The number of benzene rings is 4. The molecule has 0 heterocycles. The summed E-state index contributed by atoms with van der Waals surface area (Å²) in [6, 6.07) is 35.8. The molecule has 0 saturated carbocycles. The van der Waals surface area contributed by atoms with Crippen LogP contribution in [0.2, 0.25) is 0 Å². The average molecular weight is 496 g/mol. The molecular weight excluding hydrogens is 469 g/mol. The molecule has 0 aliphatic heterocycles. The SMILES string of the molecule is [N-]=[N+]=N[C@@H](c1ccccc1)[C@@H](CCP(=O)(c1ccccc1)c1ccccc1)OC(=O)c1ccccc1. The first-order chi connectivity index (χ1) is 17.6. The van der Waals surface area contributed by atoms with E-state index in [0.717, 1.165) is 16.2 Å². The van der Waals surface area contributed by atoms with Crippen LogP contribution < -0.4 is 10.6 Å². The minimum atomic E-state index is -3.07. The van der Waals surface area contributed by atoms with Crippen LogP contribution in [0.3, 0.4) is 0 Å². The first kappa shape index (κ1) is 25.0. The van der Waals surface area contributed by atoms with Gasteiger partial charge in [0, 0.05) is 21.7 Å². The maximum atomic E-state index is 14.5. The highest BCUT2D eigenvalue weighted by Gasteiger charge is 2.32. The number of ether oxygens (including phenoxy) is 1. The predicted molar refractivity (Wildman–Crippen MR) is 143 cm³/mol. The molecule has 36 heavy (non-hydrogen) atoms. The van der Waals surface area contributed by atoms with Gasteiger partial charge < -0.3 is 9.30 Å². The lowest BCUT2D eigenvalue weighted by Crippen LogP contribution is -2.28. The van der Waals surface area contributed by atoms with E-state index < -0.39 is 25.3 Å². The number of nitrogens with zero attached hydrogens (tertiary/aromatic N) is 3. The van der Waals surface area contributed by atoms with E-state index in [1.165, 1.54) is 0 Å². The van der Waals surface area contributed by atoms with Crippen molar-refractivity contribution in [3.05, 3.63) is 143 Å². The molecule has 0 aliphatic carbocycles. The van der Waals surface area contributed by atoms with Crippen LogP contribution in [0.1, 0.15) is 28.4 Å². The molecule has 0 N–H and O–H groups in total. The van der Waals surface area contributed by atoms with Crippen molar-refractivity contribution >= 4 is 23.7 Å². The first-order valence-electron chi connectivity index (χ1n) is 11.7. The third kappa shape index (κ3) is 5.92. The van der Waals surface area contributed by atoms with E-state index >= 15 is 0 Å². The highest BCUT2D eigenvalue weighted by molar-refractivity contribution is 7.78. The summed E-state index contributed by atoms with van der Waals surface area (Å²) < 4.78 is 20.5. The van der Waals surface area contributed by atoms with Crippen molar-refractivity contribution in [3.63, 3.8) is 0 Å². The Labute approximate surface area is 210 Å². The van der Waals surface area contributed by atoms with Crippen LogP contribution in [0.5, 0.6) is 0 Å². The van der Waals surface area contributed by atoms with Crippen molar-refractivity contribution in [3.8, 4) is 0 Å². The Morgan fingerprint density at radius 3 is 1.75 bits per heavy atom. The summed E-state index contributed by atoms with van der Waals surface area (Å²) in [5, 5.41) is 5.45. The fraction of sp³-hybridized carbons (Fsp3) is 0.138. The van der Waals surface area contributed by atoms with Crippen LogP contribution in [0.25, 0.3) is 10.4 Å². The van der Waals surface area contributed by atoms with Gasteiger partial charge in [0.05, 0.1) is 11.6 Å². The monoisotopic (exact) mass is 495 g/mol. The van der Waals surface area contributed by atoms with Crippen molar-refractivity contribution in [2.75, 3.05) is 6.16 Å². The molecule has 7 heteroatoms. The van der Waals surface area contributed by atoms with Gasteiger partial charge in [0.25, 0.3) is 0 Å². The summed E-state index contributed by atoms with van der Waals surface area (Å²) in [5.41, 5.74) is 10.5. The Kier molecular flexibility index (Phi) is 8.36. The molecule has 4 rings (SSSR count). The molecule has 0 saturated heterocycles. The maximum absolute atomic E-state index is 14.5. The Hall–Kier alpha value is -4.11. The Morgan fingerprint density at radius 2 is 1.25 bits per heavy atom. The third-order valence-corrected chi connectivity index (χ3v) is 9.16. The second-order valence-corrected chi connectivity index (χ2v) is 11.3. The second-order valence-electron chi connectivity index (χ2n) is 8.29. The molecule has 6 nitrogen and oxygen atoms in total. The van der Waals surface area contributed by atoms with E-state index in [1.54, 1.807) is 24.3 Å². The number of carbonyl (C=O) groups excluding carboxylic acids is 1. The van der Waals surface area contributed by atoms with Crippen LogP contribution in [-0.4, -0.2) is 18.2 Å². The smallest absolute Gasteiger partial charge is 0.338 e. The van der Waals surface area contributed by atoms with Crippen LogP contribution >= 0.6 is 7.14 Å². The lowest BCUT2D eigenvalue weighted by molar-refractivity contribution is 0.0229. The van der Waals surface area contributed by atoms with Crippen LogP contribution in [-0.2, 0) is 9.30 Å². The molecule has 2 atom stereocenters. The van der Waals surface area contributed by atoms with Crippen molar-refractivity contribution in [1.29, 1.82) is 0 Å². The van der Waals surface area contributed by atoms with Gasteiger partial charge in [0.2, 0.25) is 0 Å². The second kappa shape index (κ2) is 12.0. The van der Waals surface area contributed by atoms with E-state index in [9.17, 15) is 14.9 Å². The highest BCUT2D eigenvalue weighted by atomic mass is 31.2. The highest BCUT2D eigenvalue weighted by Crippen LogP contribution is 2.45. The molecular formula is C29H26N3O3P. The molecule has 0 aromatic heterocycles. The van der Waals surface area contributed by atoms with Gasteiger partial charge in [-0.2, -0.15) is 0 Å². The van der Waals surface area contributed by atoms with Crippen molar-refractivity contribution in [2.24, 2.45) is 5.11 Å². The van der Waals surface area contributed by atoms with Crippen molar-refractivity contribution in [2.45, 2.75) is 18.6 Å². The van der Waals surface area contributed by atoms with E-state index in [4.69, 9.17) is 4.74 Å². The molecule has 0 spiro atoms. The summed E-state index contributed by atoms with van der Waals surface area (Å²) >= 11 is 0. The number of esters is 1. The first-order valence-corrected chi connectivity index (χ1v) is 13.6. The third-order valence-electron chi connectivity index (χ3n) is 6.01. The molecule has 0 unspecified atom stereocenters. The van der Waals surface area contributed by atoms with Crippen molar-refractivity contribution in [1.82, 2.24) is 0 Å². The summed E-state index contributed by atoms with van der Waals surface area (Å²) in [7, 11) is -3.07. The van der Waals surface area contributed by atoms with Gasteiger partial charge in [-0.15, -0.1) is 0 Å². The topological polar surface area (TPSA) is 92.1 Å². The van der Waals surface area contributed by atoms with Gasteiger partial charge in [-0.25, -0.2) is 4.79 Å². The molecule has 180 valence electrons. The fourth-order valence-corrected chi connectivity index (χ4v) is 6.92. The molecule has 4 aromatic rings. The Bertz CT molecular complexity index is 1320. The standard InChI is InChI=1S/C29H26N3O3P/c30-32-31-28(23-13-5-1-6-14-23)27(35-29(33)24-15-7-2-8-16-24)21-22-36(34,25-17-9-3-10-18-25)26-19-11-4-12-20-26/h1-20,27-28H,21-22H2/t27-,28+/m1/s1. The largest absolute Gasteiger partial charge is 0.458 e. The minimum absolute atomic E-state index is 0.234. The van der Waals surface area contributed by atoms with Crippen LogP contribution in [0.15, 0.2) is 126 Å². The van der Waals surface area contributed by atoms with Gasteiger partial charge >= 0.3 is 5.97 Å². The summed E-state index contributed by atoms with van der Waals surface area (Å²) in [4.78, 5) is 16.1. The van der Waals surface area contributed by atoms with E-state index in [1.807, 2.05) is 97.1 Å². The van der Waals surface area contributed by atoms with E-state index in [0.29, 0.717) is 5.56 Å². The zero-order valence-electron chi connectivity index (χ0n) is 19.6. The zero-order valence-corrected chi connectivity index (χ0v) is 20.5. The lowest BCUT2D eigenvalue weighted by Gasteiger charge is -2.27. The average Bonchev–Trinajstić information content (AvgIpc) is 2.95. The molecule has 0 bridgehead atoms. The number of hydrogen-bond donors (Lipinski definition) is 0. The van der Waals surface area contributed by atoms with Crippen LogP contribution in [0, 0.1) is 0 Å². The van der Waals surface area contributed by atoms with E-state index in [2.05, 4.69) is 10.0 Å². The molecule has 0 aliphatic rings. The van der Waals surface area contributed by atoms with E-state index in [-0.39, 0.29) is 12.6 Å². The van der Waals surface area contributed by atoms with Crippen molar-refractivity contribution < 1.29 is 14.1 Å². The Balaban J connectivity index is 1.71. The normalized spacial score (nSPS) is 12.7. The molecule has 0 radical (unpaired) electrons.